The van der Waals surface area contributed by atoms with Crippen molar-refractivity contribution in [2.24, 2.45) is 0 Å². The van der Waals surface area contributed by atoms with Gasteiger partial charge in [-0.25, -0.2) is 0 Å². The minimum atomic E-state index is -0.700. The lowest BCUT2D eigenvalue weighted by atomic mass is 10.0. The van der Waals surface area contributed by atoms with Crippen LogP contribution in [0.15, 0.2) is 91.0 Å². The van der Waals surface area contributed by atoms with Gasteiger partial charge in [-0.1, -0.05) is 78.3 Å². The molecule has 1 N–H and O–H groups in total. The van der Waals surface area contributed by atoms with Gasteiger partial charge in [0.1, 0.15) is 6.04 Å². The fourth-order valence-electron chi connectivity index (χ4n) is 5.45. The summed E-state index contributed by atoms with van der Waals surface area (Å²) in [5.74, 6) is -0.370. The number of anilines is 1. The van der Waals surface area contributed by atoms with Crippen LogP contribution in [0.4, 0.5) is 5.69 Å². The third kappa shape index (κ3) is 6.44. The minimum Gasteiger partial charge on any atom is -0.352 e. The van der Waals surface area contributed by atoms with Crippen LogP contribution in [0.2, 0.25) is 5.02 Å². The van der Waals surface area contributed by atoms with E-state index in [0.29, 0.717) is 30.0 Å². The second kappa shape index (κ2) is 12.6. The number of benzene rings is 4. The van der Waals surface area contributed by atoms with Crippen LogP contribution in [-0.2, 0) is 22.6 Å². The van der Waals surface area contributed by atoms with Crippen LogP contribution in [0.25, 0.3) is 10.8 Å². The largest absolute Gasteiger partial charge is 0.352 e. The lowest BCUT2D eigenvalue weighted by Crippen LogP contribution is -2.51. The highest BCUT2D eigenvalue weighted by Crippen LogP contribution is 2.37. The van der Waals surface area contributed by atoms with Gasteiger partial charge in [-0.05, 0) is 61.0 Å². The van der Waals surface area contributed by atoms with Gasteiger partial charge < -0.3 is 15.1 Å². The maximum Gasteiger partial charge on any atom is 0.258 e. The van der Waals surface area contributed by atoms with Crippen molar-refractivity contribution in [3.8, 4) is 0 Å². The Hall–Kier alpha value is -4.16. The molecule has 0 saturated heterocycles. The Labute approximate surface area is 245 Å². The molecule has 0 fully saturated rings. The number of rotatable bonds is 11. The normalized spacial score (nSPS) is 13.1. The summed E-state index contributed by atoms with van der Waals surface area (Å²) in [6, 6.07) is 28.0. The van der Waals surface area contributed by atoms with Gasteiger partial charge in [-0.15, -0.1) is 0 Å². The van der Waals surface area contributed by atoms with E-state index in [1.807, 2.05) is 92.7 Å². The number of hydrogen-bond acceptors (Lipinski definition) is 3. The number of hydrogen-bond donors (Lipinski definition) is 1. The zero-order valence-electron chi connectivity index (χ0n) is 23.3. The van der Waals surface area contributed by atoms with E-state index in [2.05, 4.69) is 5.32 Å². The molecule has 0 saturated carbocycles. The van der Waals surface area contributed by atoms with E-state index in [-0.39, 0.29) is 36.7 Å². The Morgan fingerprint density at radius 2 is 1.59 bits per heavy atom. The molecule has 41 heavy (non-hydrogen) atoms. The average Bonchev–Trinajstić information content (AvgIpc) is 3.24. The van der Waals surface area contributed by atoms with Crippen molar-refractivity contribution in [1.82, 2.24) is 10.2 Å². The molecule has 5 rings (SSSR count). The molecule has 4 aromatic rings. The Bertz CT molecular complexity index is 1550. The molecule has 1 heterocycles. The van der Waals surface area contributed by atoms with Gasteiger partial charge >= 0.3 is 0 Å². The molecule has 0 aromatic heterocycles. The van der Waals surface area contributed by atoms with Crippen LogP contribution in [0.5, 0.6) is 0 Å². The second-order valence-corrected chi connectivity index (χ2v) is 11.2. The smallest absolute Gasteiger partial charge is 0.258 e. The van der Waals surface area contributed by atoms with Gasteiger partial charge in [-0.2, -0.15) is 0 Å². The number of carbonyl (C=O) groups excluding carboxylic acids is 3. The first kappa shape index (κ1) is 28.4. The van der Waals surface area contributed by atoms with Crippen molar-refractivity contribution in [2.45, 2.75) is 51.7 Å². The molecule has 7 heteroatoms. The quantitative estimate of drug-likeness (QED) is 0.228. The van der Waals surface area contributed by atoms with Crippen LogP contribution in [0.1, 0.15) is 48.2 Å². The van der Waals surface area contributed by atoms with Gasteiger partial charge in [0.15, 0.2) is 0 Å². The number of nitrogens with one attached hydrogen (secondary N) is 1. The molecular formula is C34H34ClN3O3. The molecule has 210 valence electrons. The maximum absolute atomic E-state index is 13.9. The highest BCUT2D eigenvalue weighted by molar-refractivity contribution is 6.30. The first-order valence-electron chi connectivity index (χ1n) is 14.0. The van der Waals surface area contributed by atoms with Crippen LogP contribution < -0.4 is 10.2 Å². The van der Waals surface area contributed by atoms with E-state index < -0.39 is 6.04 Å². The van der Waals surface area contributed by atoms with E-state index in [0.717, 1.165) is 27.6 Å². The van der Waals surface area contributed by atoms with Gasteiger partial charge in [0, 0.05) is 47.9 Å². The summed E-state index contributed by atoms with van der Waals surface area (Å²) in [6.07, 6.45) is 1.06. The number of carbonyl (C=O) groups is 3. The Balaban J connectivity index is 1.37. The molecule has 0 spiro atoms. The predicted molar refractivity (Wildman–Crippen MR) is 164 cm³/mol. The SMILES string of the molecule is CC(C)NC(=O)[C@H](Cc1ccccc1)N(Cc1ccc(Cl)cc1)C(=O)CCCN1C(=O)c2cccc3cccc1c23. The van der Waals surface area contributed by atoms with Crippen molar-refractivity contribution in [3.63, 3.8) is 0 Å². The van der Waals surface area contributed by atoms with E-state index in [1.165, 1.54) is 0 Å². The summed E-state index contributed by atoms with van der Waals surface area (Å²) >= 11 is 6.12. The summed E-state index contributed by atoms with van der Waals surface area (Å²) in [5, 5.41) is 5.61. The Kier molecular flexibility index (Phi) is 8.70. The molecule has 1 atom stereocenters. The van der Waals surface area contributed by atoms with Gasteiger partial charge in [-0.3, -0.25) is 14.4 Å². The van der Waals surface area contributed by atoms with Crippen LogP contribution in [-0.4, -0.2) is 41.2 Å². The Morgan fingerprint density at radius 1 is 0.878 bits per heavy atom. The summed E-state index contributed by atoms with van der Waals surface area (Å²) < 4.78 is 0. The summed E-state index contributed by atoms with van der Waals surface area (Å²) in [4.78, 5) is 44.1. The van der Waals surface area contributed by atoms with Crippen molar-refractivity contribution in [1.29, 1.82) is 0 Å². The maximum atomic E-state index is 13.9. The van der Waals surface area contributed by atoms with Gasteiger partial charge in [0.25, 0.3) is 5.91 Å². The van der Waals surface area contributed by atoms with Gasteiger partial charge in [0.2, 0.25) is 11.8 Å². The standard InChI is InChI=1S/C34H34ClN3O3/c1-23(2)36-33(40)30(21-24-9-4-3-5-10-24)38(22-25-16-18-27(35)19-17-25)31(39)15-8-20-37-29-14-7-12-26-11-6-13-28(32(26)29)34(37)41/h3-7,9-14,16-19,23,30H,8,15,20-22H2,1-2H3,(H,36,40)/t30-/m0/s1. The molecule has 0 aliphatic carbocycles. The topological polar surface area (TPSA) is 69.7 Å². The van der Waals surface area contributed by atoms with E-state index >= 15 is 0 Å². The average molecular weight is 568 g/mol. The molecular weight excluding hydrogens is 534 g/mol. The van der Waals surface area contributed by atoms with Gasteiger partial charge in [0.05, 0.1) is 5.69 Å². The highest BCUT2D eigenvalue weighted by Gasteiger charge is 2.32. The van der Waals surface area contributed by atoms with Crippen molar-refractivity contribution in [2.75, 3.05) is 11.4 Å². The fraction of sp³-hybridized carbons (Fsp3) is 0.265. The first-order chi connectivity index (χ1) is 19.8. The molecule has 1 aliphatic rings. The Morgan fingerprint density at radius 3 is 2.29 bits per heavy atom. The molecule has 3 amide bonds. The molecule has 4 aromatic carbocycles. The molecule has 6 nitrogen and oxygen atoms in total. The molecule has 0 radical (unpaired) electrons. The fourth-order valence-corrected chi connectivity index (χ4v) is 5.58. The molecule has 0 bridgehead atoms. The van der Waals surface area contributed by atoms with Crippen molar-refractivity contribution < 1.29 is 14.4 Å². The third-order valence-corrected chi connectivity index (χ3v) is 7.64. The zero-order chi connectivity index (χ0) is 28.9. The van der Waals surface area contributed by atoms with Crippen LogP contribution >= 0.6 is 11.6 Å². The van der Waals surface area contributed by atoms with Crippen molar-refractivity contribution >= 4 is 45.8 Å². The summed E-state index contributed by atoms with van der Waals surface area (Å²) in [6.45, 7) is 4.50. The predicted octanol–water partition coefficient (Wildman–Crippen LogP) is 6.40. The van der Waals surface area contributed by atoms with Crippen LogP contribution in [0.3, 0.4) is 0 Å². The summed E-state index contributed by atoms with van der Waals surface area (Å²) in [5.41, 5.74) is 3.43. The number of amides is 3. The lowest BCUT2D eigenvalue weighted by Gasteiger charge is -2.32. The lowest BCUT2D eigenvalue weighted by molar-refractivity contribution is -0.141. The zero-order valence-corrected chi connectivity index (χ0v) is 24.1. The monoisotopic (exact) mass is 567 g/mol. The van der Waals surface area contributed by atoms with E-state index in [9.17, 15) is 14.4 Å². The van der Waals surface area contributed by atoms with Crippen molar-refractivity contribution in [3.05, 3.63) is 113 Å². The third-order valence-electron chi connectivity index (χ3n) is 7.39. The minimum absolute atomic E-state index is 0.0412. The number of halogens is 1. The second-order valence-electron chi connectivity index (χ2n) is 10.8. The molecule has 1 aliphatic heterocycles. The van der Waals surface area contributed by atoms with Crippen LogP contribution in [0, 0.1) is 0 Å². The number of nitrogens with zero attached hydrogens (tertiary/aromatic N) is 2. The van der Waals surface area contributed by atoms with E-state index in [4.69, 9.17) is 11.6 Å². The highest BCUT2D eigenvalue weighted by atomic mass is 35.5. The first-order valence-corrected chi connectivity index (χ1v) is 14.4. The van der Waals surface area contributed by atoms with E-state index in [1.54, 1.807) is 21.9 Å². The summed E-state index contributed by atoms with van der Waals surface area (Å²) in [7, 11) is 0. The molecule has 0 unspecified atom stereocenters.